The molecular formula is C8H11IO4. The lowest BCUT2D eigenvalue weighted by Crippen LogP contribution is -2.30. The Morgan fingerprint density at radius 1 is 1.38 bits per heavy atom. The Hall–Kier alpha value is -0.330. The van der Waals surface area contributed by atoms with Crippen LogP contribution in [-0.2, 0) is 19.1 Å². The summed E-state index contributed by atoms with van der Waals surface area (Å²) in [6, 6.07) is 0. The number of carbonyl (C=O) groups is 2. The first-order valence-electron chi connectivity index (χ1n) is 3.86. The molecule has 0 amide bonds. The fourth-order valence-corrected chi connectivity index (χ4v) is 2.53. The molecule has 1 rings (SSSR count). The topological polar surface area (TPSA) is 52.6 Å². The lowest BCUT2D eigenvalue weighted by molar-refractivity contribution is -0.161. The van der Waals surface area contributed by atoms with Crippen molar-refractivity contribution in [1.29, 1.82) is 0 Å². The molecular weight excluding hydrogens is 287 g/mol. The van der Waals surface area contributed by atoms with Crippen LogP contribution in [0.25, 0.3) is 0 Å². The van der Waals surface area contributed by atoms with E-state index in [0.29, 0.717) is 6.42 Å². The zero-order valence-corrected chi connectivity index (χ0v) is 9.66. The van der Waals surface area contributed by atoms with E-state index >= 15 is 0 Å². The summed E-state index contributed by atoms with van der Waals surface area (Å²) in [4.78, 5) is 22.7. The minimum absolute atomic E-state index is 0.0769. The summed E-state index contributed by atoms with van der Waals surface area (Å²) in [5.74, 6) is -0.866. The van der Waals surface area contributed by atoms with Crippen LogP contribution in [0.1, 0.15) is 6.42 Å². The highest BCUT2D eigenvalue weighted by atomic mass is 127. The third kappa shape index (κ3) is 1.53. The highest BCUT2D eigenvalue weighted by Crippen LogP contribution is 2.55. The van der Waals surface area contributed by atoms with Crippen LogP contribution < -0.4 is 0 Å². The summed E-state index contributed by atoms with van der Waals surface area (Å²) in [6.45, 7) is 0. The van der Waals surface area contributed by atoms with Crippen LogP contribution in [0.5, 0.6) is 0 Å². The molecule has 1 aliphatic carbocycles. The third-order valence-corrected chi connectivity index (χ3v) is 3.45. The SMILES string of the molecule is COC(=O)C1(C(=O)OC)CC1CI. The van der Waals surface area contributed by atoms with E-state index in [1.54, 1.807) is 0 Å². The number of methoxy groups -OCH3 is 2. The van der Waals surface area contributed by atoms with E-state index in [9.17, 15) is 9.59 Å². The summed E-state index contributed by atoms with van der Waals surface area (Å²) in [5.41, 5.74) is -0.995. The number of hydrogen-bond acceptors (Lipinski definition) is 4. The molecule has 0 aliphatic heterocycles. The maximum atomic E-state index is 11.3. The lowest BCUT2D eigenvalue weighted by Gasteiger charge is -2.10. The van der Waals surface area contributed by atoms with E-state index in [-0.39, 0.29) is 5.92 Å². The molecule has 13 heavy (non-hydrogen) atoms. The molecule has 0 aromatic heterocycles. The molecule has 0 bridgehead atoms. The summed E-state index contributed by atoms with van der Waals surface area (Å²) < 4.78 is 9.94. The van der Waals surface area contributed by atoms with Crippen molar-refractivity contribution >= 4 is 34.5 Å². The molecule has 1 fully saturated rings. The van der Waals surface area contributed by atoms with Gasteiger partial charge in [-0.25, -0.2) is 0 Å². The van der Waals surface area contributed by atoms with Crippen molar-refractivity contribution in [2.75, 3.05) is 18.6 Å². The van der Waals surface area contributed by atoms with Gasteiger partial charge >= 0.3 is 11.9 Å². The van der Waals surface area contributed by atoms with Crippen molar-refractivity contribution in [3.05, 3.63) is 0 Å². The van der Waals surface area contributed by atoms with Crippen molar-refractivity contribution in [1.82, 2.24) is 0 Å². The van der Waals surface area contributed by atoms with E-state index in [2.05, 4.69) is 32.1 Å². The van der Waals surface area contributed by atoms with Crippen molar-refractivity contribution in [2.45, 2.75) is 6.42 Å². The van der Waals surface area contributed by atoms with E-state index in [1.165, 1.54) is 14.2 Å². The molecule has 0 radical (unpaired) electrons. The van der Waals surface area contributed by atoms with Gasteiger partial charge < -0.3 is 9.47 Å². The lowest BCUT2D eigenvalue weighted by atomic mass is 10.1. The second kappa shape index (κ2) is 3.81. The van der Waals surface area contributed by atoms with Crippen LogP contribution in [0, 0.1) is 11.3 Å². The van der Waals surface area contributed by atoms with Gasteiger partial charge in [-0.3, -0.25) is 9.59 Å². The minimum atomic E-state index is -0.995. The van der Waals surface area contributed by atoms with Crippen molar-refractivity contribution in [2.24, 2.45) is 11.3 Å². The van der Waals surface area contributed by atoms with Gasteiger partial charge in [-0.1, -0.05) is 22.6 Å². The number of hydrogen-bond donors (Lipinski definition) is 0. The molecule has 0 N–H and O–H groups in total. The summed E-state index contributed by atoms with van der Waals surface area (Å²) in [6.07, 6.45) is 0.551. The van der Waals surface area contributed by atoms with Crippen molar-refractivity contribution in [3.8, 4) is 0 Å². The highest BCUT2D eigenvalue weighted by Gasteiger charge is 2.67. The third-order valence-electron chi connectivity index (χ3n) is 2.39. The van der Waals surface area contributed by atoms with Crippen molar-refractivity contribution < 1.29 is 19.1 Å². The first-order chi connectivity index (χ1) is 6.13. The monoisotopic (exact) mass is 298 g/mol. The Morgan fingerprint density at radius 3 is 2.08 bits per heavy atom. The molecule has 0 aromatic rings. The number of esters is 2. The summed E-state index contributed by atoms with van der Waals surface area (Å²) in [5, 5.41) is 0. The van der Waals surface area contributed by atoms with Crippen molar-refractivity contribution in [3.63, 3.8) is 0 Å². The quantitative estimate of drug-likeness (QED) is 0.334. The van der Waals surface area contributed by atoms with Gasteiger partial charge in [-0.2, -0.15) is 0 Å². The minimum Gasteiger partial charge on any atom is -0.468 e. The Kier molecular flexibility index (Phi) is 3.15. The predicted octanol–water partition coefficient (Wildman–Crippen LogP) is 0.774. The number of carbonyl (C=O) groups excluding carboxylic acids is 2. The van der Waals surface area contributed by atoms with E-state index in [1.807, 2.05) is 0 Å². The molecule has 0 heterocycles. The average molecular weight is 298 g/mol. The first-order valence-corrected chi connectivity index (χ1v) is 5.38. The Bertz CT molecular complexity index is 222. The number of halogens is 1. The summed E-state index contributed by atoms with van der Waals surface area (Å²) in [7, 11) is 2.57. The van der Waals surface area contributed by atoms with Crippen LogP contribution in [0.3, 0.4) is 0 Å². The van der Waals surface area contributed by atoms with Gasteiger partial charge in [-0.05, 0) is 12.3 Å². The van der Waals surface area contributed by atoms with Crippen LogP contribution in [0.4, 0.5) is 0 Å². The molecule has 0 saturated heterocycles. The van der Waals surface area contributed by atoms with Gasteiger partial charge in [0, 0.05) is 4.43 Å². The molecule has 1 unspecified atom stereocenters. The summed E-state index contributed by atoms with van der Waals surface area (Å²) >= 11 is 2.15. The van der Waals surface area contributed by atoms with Crippen LogP contribution in [-0.4, -0.2) is 30.6 Å². The van der Waals surface area contributed by atoms with Gasteiger partial charge in [0.1, 0.15) is 0 Å². The number of rotatable bonds is 3. The predicted molar refractivity (Wildman–Crippen MR) is 53.5 cm³/mol. The fourth-order valence-electron chi connectivity index (χ4n) is 1.46. The van der Waals surface area contributed by atoms with Crippen LogP contribution >= 0.6 is 22.6 Å². The van der Waals surface area contributed by atoms with Crippen LogP contribution in [0.15, 0.2) is 0 Å². The second-order valence-corrected chi connectivity index (χ2v) is 3.89. The highest BCUT2D eigenvalue weighted by molar-refractivity contribution is 14.1. The zero-order chi connectivity index (χ0) is 10.1. The second-order valence-electron chi connectivity index (χ2n) is 3.01. The van der Waals surface area contributed by atoms with Gasteiger partial charge in [-0.15, -0.1) is 0 Å². The molecule has 0 spiro atoms. The average Bonchev–Trinajstić information content (AvgIpc) is 2.91. The molecule has 1 saturated carbocycles. The van der Waals surface area contributed by atoms with Gasteiger partial charge in [0.05, 0.1) is 14.2 Å². The zero-order valence-electron chi connectivity index (χ0n) is 7.50. The van der Waals surface area contributed by atoms with Gasteiger partial charge in [0.25, 0.3) is 0 Å². The van der Waals surface area contributed by atoms with E-state index in [0.717, 1.165) is 4.43 Å². The molecule has 74 valence electrons. The molecule has 1 aliphatic rings. The van der Waals surface area contributed by atoms with E-state index in [4.69, 9.17) is 0 Å². The first kappa shape index (κ1) is 10.7. The number of ether oxygens (including phenoxy) is 2. The van der Waals surface area contributed by atoms with Crippen LogP contribution in [0.2, 0.25) is 0 Å². The Balaban J connectivity index is 2.80. The molecule has 4 nitrogen and oxygen atoms in total. The molecule has 5 heteroatoms. The van der Waals surface area contributed by atoms with Gasteiger partial charge in [0.2, 0.25) is 0 Å². The molecule has 1 atom stereocenters. The smallest absolute Gasteiger partial charge is 0.323 e. The normalized spacial score (nSPS) is 23.5. The maximum absolute atomic E-state index is 11.3. The van der Waals surface area contributed by atoms with E-state index < -0.39 is 17.4 Å². The largest absolute Gasteiger partial charge is 0.468 e. The Morgan fingerprint density at radius 2 is 1.85 bits per heavy atom. The maximum Gasteiger partial charge on any atom is 0.323 e. The fraction of sp³-hybridized carbons (Fsp3) is 0.750. The standard InChI is InChI=1S/C8H11IO4/c1-12-6(10)8(7(11)13-2)3-5(8)4-9/h5H,3-4H2,1-2H3. The number of alkyl halides is 1. The molecule has 0 aromatic carbocycles. The Labute approximate surface area is 90.1 Å². The van der Waals surface area contributed by atoms with Gasteiger partial charge in [0.15, 0.2) is 5.41 Å².